The van der Waals surface area contributed by atoms with Crippen molar-refractivity contribution in [2.24, 2.45) is 5.92 Å². The van der Waals surface area contributed by atoms with Gasteiger partial charge in [-0.2, -0.15) is 0 Å². The molecule has 12 heteroatoms. The lowest BCUT2D eigenvalue weighted by molar-refractivity contribution is -0.135. The second kappa shape index (κ2) is 16.3. The number of methoxy groups -OCH3 is 1. The van der Waals surface area contributed by atoms with Crippen LogP contribution in [0.25, 0.3) is 22.4 Å². The quantitative estimate of drug-likeness (QED) is 0.148. The summed E-state index contributed by atoms with van der Waals surface area (Å²) in [5, 5.41) is 2.68. The van der Waals surface area contributed by atoms with Crippen LogP contribution in [-0.2, 0) is 25.6 Å². The number of benzene rings is 3. The molecule has 0 aliphatic carbocycles. The van der Waals surface area contributed by atoms with E-state index >= 15 is 0 Å². The van der Waals surface area contributed by atoms with Gasteiger partial charge in [-0.15, -0.1) is 0 Å². The molecule has 0 radical (unpaired) electrons. The van der Waals surface area contributed by atoms with Gasteiger partial charge in [-0.25, -0.2) is 14.6 Å². The number of fused-ring (bicyclic) bond motifs is 1. The monoisotopic (exact) mass is 747 g/mol. The summed E-state index contributed by atoms with van der Waals surface area (Å²) in [5.41, 5.74) is 5.11. The molecule has 288 valence electrons. The number of rotatable bonds is 11. The van der Waals surface area contributed by atoms with Crippen LogP contribution in [-0.4, -0.2) is 74.7 Å². The normalized spacial score (nSPS) is 17.1. The van der Waals surface area contributed by atoms with Crippen molar-refractivity contribution in [1.82, 2.24) is 25.1 Å². The molecule has 0 spiro atoms. The first kappa shape index (κ1) is 38.9. The molecule has 55 heavy (non-hydrogen) atoms. The van der Waals surface area contributed by atoms with Gasteiger partial charge in [-0.3, -0.25) is 19.3 Å². The van der Waals surface area contributed by atoms with Crippen molar-refractivity contribution in [1.29, 1.82) is 0 Å². The minimum absolute atomic E-state index is 0.00415. The Morgan fingerprint density at radius 2 is 1.55 bits per heavy atom. The molecule has 3 amide bonds. The van der Waals surface area contributed by atoms with Gasteiger partial charge in [0.25, 0.3) is 0 Å². The number of H-pyrrole nitrogens is 1. The number of likely N-dealkylation sites (tertiary alicyclic amines) is 1. The van der Waals surface area contributed by atoms with Crippen LogP contribution < -0.4 is 5.32 Å². The van der Waals surface area contributed by atoms with E-state index in [2.05, 4.69) is 15.3 Å². The molecule has 2 N–H and O–H groups in total. The lowest BCUT2D eigenvalue weighted by Crippen LogP contribution is -2.51. The van der Waals surface area contributed by atoms with Crippen LogP contribution in [0.2, 0.25) is 0 Å². The summed E-state index contributed by atoms with van der Waals surface area (Å²) < 4.78 is 10.3. The first-order chi connectivity index (χ1) is 26.2. The maximum absolute atomic E-state index is 13.6. The summed E-state index contributed by atoms with van der Waals surface area (Å²) >= 11 is 0. The molecule has 1 saturated heterocycles. The number of amides is 3. The Morgan fingerprint density at radius 1 is 0.891 bits per heavy atom. The number of hydrogen-bond acceptors (Lipinski definition) is 8. The second-order valence-corrected chi connectivity index (χ2v) is 15.5. The first-order valence-electron chi connectivity index (χ1n) is 18.8. The van der Waals surface area contributed by atoms with E-state index in [0.29, 0.717) is 17.9 Å². The molecular formula is C43H49N5O7. The summed E-state index contributed by atoms with van der Waals surface area (Å²) in [7, 11) is 1.28. The Morgan fingerprint density at radius 3 is 2.20 bits per heavy atom. The van der Waals surface area contributed by atoms with Gasteiger partial charge in [0.05, 0.1) is 31.6 Å². The maximum atomic E-state index is 13.6. The third-order valence-corrected chi connectivity index (χ3v) is 10.1. The Labute approximate surface area is 321 Å². The number of nitrogens with zero attached hydrogens (tertiary/aromatic N) is 3. The van der Waals surface area contributed by atoms with Crippen LogP contribution >= 0.6 is 0 Å². The minimum atomic E-state index is -0.793. The standard InChI is InChI=1S/C43H49N5O7/c1-26(2)37(46-41(52)54-6)40(51)47-23-9-12-34(47)39-44-24-33(45-39)29-17-13-27(14-18-29)28-15-19-30(20-16-28)35(49)21-22-36(50)38-32-11-8-7-10-31(32)25-48(38)42(53)55-43(3,4)5/h7-8,10-11,13-20,24,26,34,37-38H,9,12,21-23,25H2,1-6H3,(H,44,45)(H,46,52)/t34-,37-,38?/m0/s1. The predicted molar refractivity (Wildman–Crippen MR) is 207 cm³/mol. The van der Waals surface area contributed by atoms with E-state index in [4.69, 9.17) is 9.47 Å². The Kier molecular flexibility index (Phi) is 11.5. The van der Waals surface area contributed by atoms with E-state index in [1.54, 1.807) is 44.0 Å². The number of hydrogen-bond donors (Lipinski definition) is 2. The lowest BCUT2D eigenvalue weighted by atomic mass is 9.96. The molecule has 0 bridgehead atoms. The van der Waals surface area contributed by atoms with Gasteiger partial charge >= 0.3 is 12.2 Å². The molecule has 2 aliphatic heterocycles. The van der Waals surface area contributed by atoms with Gasteiger partial charge < -0.3 is 24.7 Å². The van der Waals surface area contributed by atoms with E-state index in [-0.39, 0.29) is 48.8 Å². The molecule has 4 aromatic rings. The van der Waals surface area contributed by atoms with Crippen LogP contribution in [0.4, 0.5) is 9.59 Å². The molecule has 3 atom stereocenters. The van der Waals surface area contributed by atoms with Gasteiger partial charge in [0, 0.05) is 24.9 Å². The highest BCUT2D eigenvalue weighted by Gasteiger charge is 2.40. The highest BCUT2D eigenvalue weighted by Crippen LogP contribution is 2.37. The summed E-state index contributed by atoms with van der Waals surface area (Å²) in [6, 6.07) is 21.1. The van der Waals surface area contributed by atoms with E-state index in [1.807, 2.05) is 74.5 Å². The van der Waals surface area contributed by atoms with E-state index < -0.39 is 29.9 Å². The molecule has 1 unspecified atom stereocenters. The van der Waals surface area contributed by atoms with Crippen molar-refractivity contribution in [2.45, 2.75) is 90.6 Å². The first-order valence-corrected chi connectivity index (χ1v) is 18.8. The Bertz CT molecular complexity index is 2050. The van der Waals surface area contributed by atoms with Crippen LogP contribution in [0.5, 0.6) is 0 Å². The molecule has 3 heterocycles. The largest absolute Gasteiger partial charge is 0.453 e. The average Bonchev–Trinajstić information content (AvgIpc) is 3.94. The van der Waals surface area contributed by atoms with Gasteiger partial charge in [0.2, 0.25) is 5.91 Å². The number of carbonyl (C=O) groups excluding carboxylic acids is 5. The summed E-state index contributed by atoms with van der Waals surface area (Å²) in [4.78, 5) is 76.5. The number of ketones is 2. The number of ether oxygens (including phenoxy) is 2. The highest BCUT2D eigenvalue weighted by atomic mass is 16.6. The number of imidazole rings is 1. The number of nitrogens with one attached hydrogen (secondary N) is 2. The smallest absolute Gasteiger partial charge is 0.411 e. The molecule has 12 nitrogen and oxygen atoms in total. The minimum Gasteiger partial charge on any atom is -0.453 e. The molecule has 1 aromatic heterocycles. The van der Waals surface area contributed by atoms with Crippen molar-refractivity contribution < 1.29 is 33.4 Å². The fraction of sp³-hybridized carbons (Fsp3) is 0.395. The van der Waals surface area contributed by atoms with Crippen molar-refractivity contribution in [3.05, 3.63) is 102 Å². The highest BCUT2D eigenvalue weighted by molar-refractivity contribution is 6.00. The zero-order chi connectivity index (χ0) is 39.4. The number of Topliss-reactive ketones (excluding diaryl/α,β-unsaturated/α-hetero) is 2. The molecular weight excluding hydrogens is 699 g/mol. The fourth-order valence-electron chi connectivity index (χ4n) is 7.28. The summed E-state index contributed by atoms with van der Waals surface area (Å²) in [6.45, 7) is 9.99. The molecule has 1 fully saturated rings. The van der Waals surface area contributed by atoms with Crippen LogP contribution in [0.3, 0.4) is 0 Å². The predicted octanol–water partition coefficient (Wildman–Crippen LogP) is 7.81. The molecule has 2 aliphatic rings. The summed E-state index contributed by atoms with van der Waals surface area (Å²) in [5.74, 6) is 0.0652. The number of aromatic amines is 1. The van der Waals surface area contributed by atoms with Gasteiger partial charge in [0.1, 0.15) is 23.5 Å². The van der Waals surface area contributed by atoms with E-state index in [9.17, 15) is 24.0 Å². The molecule has 3 aromatic carbocycles. The van der Waals surface area contributed by atoms with Gasteiger partial charge in [-0.1, -0.05) is 86.6 Å². The number of carbonyl (C=O) groups is 5. The topological polar surface area (TPSA) is 151 Å². The molecule has 0 saturated carbocycles. The zero-order valence-corrected chi connectivity index (χ0v) is 32.3. The van der Waals surface area contributed by atoms with Crippen LogP contribution in [0.15, 0.2) is 79.0 Å². The van der Waals surface area contributed by atoms with Crippen molar-refractivity contribution >= 4 is 29.7 Å². The second-order valence-electron chi connectivity index (χ2n) is 15.5. The third kappa shape index (κ3) is 8.80. The van der Waals surface area contributed by atoms with Crippen molar-refractivity contribution in [3.8, 4) is 22.4 Å². The van der Waals surface area contributed by atoms with Crippen molar-refractivity contribution in [2.75, 3.05) is 13.7 Å². The van der Waals surface area contributed by atoms with Crippen LogP contribution in [0, 0.1) is 5.92 Å². The fourth-order valence-corrected chi connectivity index (χ4v) is 7.28. The average molecular weight is 748 g/mol. The van der Waals surface area contributed by atoms with Gasteiger partial charge in [0.15, 0.2) is 11.6 Å². The lowest BCUT2D eigenvalue weighted by Gasteiger charge is -2.30. The Hall–Kier alpha value is -5.78. The third-order valence-electron chi connectivity index (χ3n) is 10.1. The maximum Gasteiger partial charge on any atom is 0.411 e. The zero-order valence-electron chi connectivity index (χ0n) is 32.3. The number of alkyl carbamates (subject to hydrolysis) is 1. The number of aromatic nitrogens is 2. The summed E-state index contributed by atoms with van der Waals surface area (Å²) in [6.07, 6.45) is 2.19. The molecule has 6 rings (SSSR count). The van der Waals surface area contributed by atoms with Gasteiger partial charge in [-0.05, 0) is 67.3 Å². The van der Waals surface area contributed by atoms with Crippen LogP contribution in [0.1, 0.15) is 99.7 Å². The Balaban J connectivity index is 1.07. The van der Waals surface area contributed by atoms with E-state index in [1.165, 1.54) is 12.0 Å². The van der Waals surface area contributed by atoms with Crippen molar-refractivity contribution in [3.63, 3.8) is 0 Å². The van der Waals surface area contributed by atoms with E-state index in [0.717, 1.165) is 46.4 Å². The SMILES string of the molecule is COC(=O)N[C@H](C(=O)N1CCC[C@H]1c1ncc(-c2ccc(-c3ccc(C(=O)CCC(=O)C4c5ccccc5CN4C(=O)OC(C)(C)C)cc3)cc2)[nH]1)C(C)C.